The van der Waals surface area contributed by atoms with Crippen LogP contribution in [0.4, 0.5) is 0 Å². The molecule has 65 heavy (non-hydrogen) atoms. The summed E-state index contributed by atoms with van der Waals surface area (Å²) in [6.45, 7) is 7.21. The van der Waals surface area contributed by atoms with Crippen LogP contribution in [0.5, 0.6) is 0 Å². The summed E-state index contributed by atoms with van der Waals surface area (Å²) < 4.78 is 2.43. The molecule has 12 rings (SSSR count). The number of hydrogen-bond acceptors (Lipinski definition) is 1. The van der Waals surface area contributed by atoms with E-state index in [1.54, 1.807) is 5.57 Å². The monoisotopic (exact) mass is 838 g/mol. The van der Waals surface area contributed by atoms with E-state index in [2.05, 4.69) is 219 Å². The molecule has 316 valence electrons. The highest BCUT2D eigenvalue weighted by Gasteiger charge is 2.40. The van der Waals surface area contributed by atoms with E-state index >= 15 is 0 Å². The van der Waals surface area contributed by atoms with E-state index in [4.69, 9.17) is 4.99 Å². The van der Waals surface area contributed by atoms with E-state index in [1.807, 2.05) is 0 Å². The van der Waals surface area contributed by atoms with Crippen LogP contribution in [0.1, 0.15) is 91.8 Å². The number of fused-ring (bicyclic) bond motifs is 10. The molecule has 2 nitrogen and oxygen atoms in total. The lowest BCUT2D eigenvalue weighted by molar-refractivity contribution is 0.444. The Morgan fingerprint density at radius 3 is 2.00 bits per heavy atom. The van der Waals surface area contributed by atoms with Gasteiger partial charge in [0.05, 0.1) is 17.1 Å². The lowest BCUT2D eigenvalue weighted by Gasteiger charge is -2.34. The summed E-state index contributed by atoms with van der Waals surface area (Å²) in [5.74, 6) is 0.503. The predicted octanol–water partition coefficient (Wildman–Crippen LogP) is 16.4. The Kier molecular flexibility index (Phi) is 9.67. The SMILES string of the molecule is CCC1/C(C2CCc3ccc4c(c3-c3ccccc32)-c2ccccc2C4(C)C)=C\CC/C(c2cccc(-n3c4ccccc4c4ccccc43)c2)=N\C1c1ccc(-c2ccccc2)cc1. The van der Waals surface area contributed by atoms with Gasteiger partial charge in [0, 0.05) is 39.4 Å². The number of aryl methyl sites for hydroxylation is 1. The second-order valence-electron chi connectivity index (χ2n) is 19.1. The van der Waals surface area contributed by atoms with Gasteiger partial charge in [-0.25, -0.2) is 0 Å². The van der Waals surface area contributed by atoms with Crippen LogP contribution in [0.3, 0.4) is 0 Å². The van der Waals surface area contributed by atoms with Gasteiger partial charge in [-0.2, -0.15) is 0 Å². The summed E-state index contributed by atoms with van der Waals surface area (Å²) in [6, 6.07) is 70.3. The zero-order valence-electron chi connectivity index (χ0n) is 37.6. The first-order chi connectivity index (χ1) is 32.0. The second kappa shape index (κ2) is 15.9. The third-order valence-corrected chi connectivity index (χ3v) is 15.2. The summed E-state index contributed by atoms with van der Waals surface area (Å²) in [5.41, 5.74) is 22.8. The topological polar surface area (TPSA) is 17.3 Å². The van der Waals surface area contributed by atoms with Gasteiger partial charge in [-0.05, 0) is 123 Å². The van der Waals surface area contributed by atoms with Gasteiger partial charge in [0.25, 0.3) is 0 Å². The highest BCUT2D eigenvalue weighted by molar-refractivity contribution is 6.09. The molecule has 3 atom stereocenters. The molecule has 9 aromatic rings. The molecule has 2 aliphatic carbocycles. The summed E-state index contributed by atoms with van der Waals surface area (Å²) in [5, 5.41) is 2.56. The molecule has 3 aliphatic rings. The molecule has 0 spiro atoms. The van der Waals surface area contributed by atoms with Gasteiger partial charge < -0.3 is 4.57 Å². The van der Waals surface area contributed by atoms with Gasteiger partial charge in [-0.3, -0.25) is 4.99 Å². The Morgan fingerprint density at radius 1 is 0.569 bits per heavy atom. The van der Waals surface area contributed by atoms with Crippen molar-refractivity contribution < 1.29 is 0 Å². The van der Waals surface area contributed by atoms with Crippen molar-refractivity contribution in [2.75, 3.05) is 0 Å². The Labute approximate surface area is 383 Å². The van der Waals surface area contributed by atoms with Crippen molar-refractivity contribution in [1.82, 2.24) is 4.57 Å². The Balaban J connectivity index is 0.987. The quantitative estimate of drug-likeness (QED) is 0.148. The van der Waals surface area contributed by atoms with Gasteiger partial charge in [-0.1, -0.05) is 196 Å². The van der Waals surface area contributed by atoms with Crippen LogP contribution in [0.2, 0.25) is 0 Å². The number of aliphatic imine (C=N–C) groups is 1. The summed E-state index contributed by atoms with van der Waals surface area (Å²) in [6.07, 6.45) is 7.60. The molecule has 3 unspecified atom stereocenters. The van der Waals surface area contributed by atoms with E-state index in [1.165, 1.54) is 100.0 Å². The fourth-order valence-corrected chi connectivity index (χ4v) is 12.1. The maximum absolute atomic E-state index is 6.00. The maximum atomic E-state index is 6.00. The van der Waals surface area contributed by atoms with Crippen LogP contribution in [-0.2, 0) is 11.8 Å². The number of rotatable bonds is 6. The smallest absolute Gasteiger partial charge is 0.0817 e. The number of nitrogens with zero attached hydrogens (tertiary/aromatic N) is 2. The van der Waals surface area contributed by atoms with Crippen LogP contribution >= 0.6 is 0 Å². The molecule has 0 saturated heterocycles. The number of benzene rings is 8. The van der Waals surface area contributed by atoms with Crippen molar-refractivity contribution in [2.24, 2.45) is 10.9 Å². The number of para-hydroxylation sites is 2. The van der Waals surface area contributed by atoms with Crippen molar-refractivity contribution in [3.63, 3.8) is 0 Å². The number of aromatic nitrogens is 1. The number of hydrogen-bond donors (Lipinski definition) is 0. The third kappa shape index (κ3) is 6.48. The lowest BCUT2D eigenvalue weighted by atomic mass is 9.73. The molecule has 1 aliphatic heterocycles. The first kappa shape index (κ1) is 39.6. The minimum atomic E-state index is -0.0435. The van der Waals surface area contributed by atoms with Crippen LogP contribution in [0, 0.1) is 5.92 Å². The van der Waals surface area contributed by atoms with Crippen LogP contribution in [0.25, 0.3) is 60.9 Å². The lowest BCUT2D eigenvalue weighted by Crippen LogP contribution is -2.22. The summed E-state index contributed by atoms with van der Waals surface area (Å²) >= 11 is 0. The minimum Gasteiger partial charge on any atom is -0.309 e. The fourth-order valence-electron chi connectivity index (χ4n) is 12.1. The van der Waals surface area contributed by atoms with Crippen LogP contribution < -0.4 is 0 Å². The first-order valence-corrected chi connectivity index (χ1v) is 23.8. The minimum absolute atomic E-state index is 0.0427. The molecule has 8 aromatic carbocycles. The molecule has 1 aromatic heterocycles. The van der Waals surface area contributed by atoms with Gasteiger partial charge in [-0.15, -0.1) is 0 Å². The summed E-state index contributed by atoms with van der Waals surface area (Å²) in [7, 11) is 0. The Hall–Kier alpha value is -7.03. The van der Waals surface area contributed by atoms with Crippen molar-refractivity contribution in [3.8, 4) is 39.1 Å². The zero-order chi connectivity index (χ0) is 43.6. The van der Waals surface area contributed by atoms with E-state index in [0.717, 1.165) is 32.1 Å². The molecule has 0 bridgehead atoms. The maximum Gasteiger partial charge on any atom is 0.0817 e. The average molecular weight is 839 g/mol. The van der Waals surface area contributed by atoms with E-state index in [-0.39, 0.29) is 23.3 Å². The molecule has 2 heteroatoms. The number of allylic oxidation sites excluding steroid dienone is 1. The summed E-state index contributed by atoms with van der Waals surface area (Å²) in [4.78, 5) is 6.00. The zero-order valence-corrected chi connectivity index (χ0v) is 37.6. The van der Waals surface area contributed by atoms with Crippen molar-refractivity contribution in [3.05, 3.63) is 233 Å². The van der Waals surface area contributed by atoms with Crippen molar-refractivity contribution >= 4 is 27.5 Å². The van der Waals surface area contributed by atoms with E-state index in [0.29, 0.717) is 0 Å². The average Bonchev–Trinajstić information content (AvgIpc) is 3.73. The molecular weight excluding hydrogens is 785 g/mol. The molecule has 2 heterocycles. The predicted molar refractivity (Wildman–Crippen MR) is 274 cm³/mol. The second-order valence-corrected chi connectivity index (χ2v) is 19.1. The molecular formula is C63H54N2. The molecule has 0 fully saturated rings. The van der Waals surface area contributed by atoms with Gasteiger partial charge in [0.15, 0.2) is 0 Å². The normalized spacial score (nSPS) is 20.3. The highest BCUT2D eigenvalue weighted by Crippen LogP contribution is 2.56. The van der Waals surface area contributed by atoms with Crippen molar-refractivity contribution in [1.29, 1.82) is 0 Å². The highest BCUT2D eigenvalue weighted by atomic mass is 15.0. The van der Waals surface area contributed by atoms with Gasteiger partial charge >= 0.3 is 0 Å². The fraction of sp³-hybridized carbons (Fsp3) is 0.190. The van der Waals surface area contributed by atoms with E-state index < -0.39 is 0 Å². The van der Waals surface area contributed by atoms with Crippen LogP contribution in [-0.4, -0.2) is 10.3 Å². The standard InChI is InChI=1S/C63H54N2/c1-4-47-48(50-38-36-43-37-39-56-61(60(43)53-25-9-8-22-49(50)53)54-26-10-13-28-55(54)63(56,2)3)27-17-29-57(64-62(47)44-34-32-42(33-35-44)41-18-6-5-7-19-41)45-20-16-21-46(40-45)65-58-30-14-11-23-51(58)52-24-12-15-31-59(52)65/h5-16,18-28,30-35,37,39-40,47,50,62H,4,17,29,36,38H2,1-3H3/b48-27+,64-57+. The Morgan fingerprint density at radius 2 is 1.23 bits per heavy atom. The Bertz CT molecular complexity index is 3290. The molecule has 0 N–H and O–H groups in total. The molecule has 0 radical (unpaired) electrons. The molecule has 0 amide bonds. The van der Waals surface area contributed by atoms with Crippen LogP contribution in [0.15, 0.2) is 205 Å². The molecule has 0 saturated carbocycles. The third-order valence-electron chi connectivity index (χ3n) is 15.2. The van der Waals surface area contributed by atoms with Gasteiger partial charge in [0.2, 0.25) is 0 Å². The van der Waals surface area contributed by atoms with Gasteiger partial charge in [0.1, 0.15) is 0 Å². The van der Waals surface area contributed by atoms with Crippen molar-refractivity contribution in [2.45, 2.75) is 70.3 Å². The largest absolute Gasteiger partial charge is 0.309 e. The first-order valence-electron chi connectivity index (χ1n) is 23.8. The van der Waals surface area contributed by atoms with E-state index in [9.17, 15) is 0 Å².